The maximum atomic E-state index is 12.3. The first-order valence-corrected chi connectivity index (χ1v) is 9.35. The average molecular weight is 339 g/mol. The Morgan fingerprint density at radius 2 is 1.91 bits per heavy atom. The van der Waals surface area contributed by atoms with Crippen molar-refractivity contribution in [2.45, 2.75) is 31.1 Å². The van der Waals surface area contributed by atoms with Gasteiger partial charge in [0, 0.05) is 18.7 Å². The molecule has 1 unspecified atom stereocenters. The zero-order valence-electron chi connectivity index (χ0n) is 13.1. The van der Waals surface area contributed by atoms with Crippen molar-refractivity contribution in [3.8, 4) is 0 Å². The Balaban J connectivity index is 2.08. The molecule has 1 fully saturated rings. The smallest absolute Gasteiger partial charge is 0.308 e. The minimum atomic E-state index is -3.31. The van der Waals surface area contributed by atoms with Crippen molar-refractivity contribution >= 4 is 21.7 Å². The molecule has 1 N–H and O–H groups in total. The maximum Gasteiger partial charge on any atom is 0.308 e. The molecule has 2 rings (SSSR count). The number of aliphatic carboxylic acids is 1. The number of benzene rings is 1. The molecule has 1 atom stereocenters. The molecule has 0 aliphatic carbocycles. The van der Waals surface area contributed by atoms with Gasteiger partial charge in [-0.15, -0.1) is 0 Å². The quantitative estimate of drug-likeness (QED) is 0.853. The van der Waals surface area contributed by atoms with E-state index < -0.39 is 21.7 Å². The van der Waals surface area contributed by atoms with E-state index in [0.29, 0.717) is 24.9 Å². The SMILES string of the molecule is CCCCS(=O)(=O)c1ccc(C(=O)N2CCC(C(=O)O)C2)cc1. The van der Waals surface area contributed by atoms with Crippen LogP contribution in [0.1, 0.15) is 36.5 Å². The minimum absolute atomic E-state index is 0.100. The number of likely N-dealkylation sites (tertiary alicyclic amines) is 1. The number of carboxylic acid groups (broad SMARTS) is 1. The molecule has 1 heterocycles. The van der Waals surface area contributed by atoms with Gasteiger partial charge >= 0.3 is 5.97 Å². The summed E-state index contributed by atoms with van der Waals surface area (Å²) in [5.41, 5.74) is 0.380. The Hall–Kier alpha value is -1.89. The largest absolute Gasteiger partial charge is 0.481 e. The molecule has 23 heavy (non-hydrogen) atoms. The average Bonchev–Trinajstić information content (AvgIpc) is 3.02. The van der Waals surface area contributed by atoms with Gasteiger partial charge < -0.3 is 10.0 Å². The molecule has 0 spiro atoms. The van der Waals surface area contributed by atoms with E-state index in [1.807, 2.05) is 6.92 Å². The van der Waals surface area contributed by atoms with Gasteiger partial charge in [-0.25, -0.2) is 8.42 Å². The molecule has 0 saturated carbocycles. The lowest BCUT2D eigenvalue weighted by molar-refractivity contribution is -0.141. The third-order valence-electron chi connectivity index (χ3n) is 4.05. The summed E-state index contributed by atoms with van der Waals surface area (Å²) in [5.74, 6) is -1.57. The number of hydrogen-bond donors (Lipinski definition) is 1. The van der Waals surface area contributed by atoms with Crippen LogP contribution >= 0.6 is 0 Å². The molecular formula is C16H21NO5S. The number of sulfone groups is 1. The second kappa shape index (κ2) is 7.12. The van der Waals surface area contributed by atoms with Crippen LogP contribution in [0.25, 0.3) is 0 Å². The summed E-state index contributed by atoms with van der Waals surface area (Å²) in [7, 11) is -3.31. The lowest BCUT2D eigenvalue weighted by Gasteiger charge is -2.16. The molecule has 1 aromatic rings. The maximum absolute atomic E-state index is 12.3. The van der Waals surface area contributed by atoms with Gasteiger partial charge in [-0.1, -0.05) is 13.3 Å². The standard InChI is InChI=1S/C16H21NO5S/c1-2-3-10-23(21,22)14-6-4-12(5-7-14)15(18)17-9-8-13(11-17)16(19)20/h4-7,13H,2-3,8-11H2,1H3,(H,19,20). The van der Waals surface area contributed by atoms with E-state index in [1.165, 1.54) is 29.2 Å². The number of hydrogen-bond acceptors (Lipinski definition) is 4. The first kappa shape index (κ1) is 17.5. The molecule has 126 valence electrons. The van der Waals surface area contributed by atoms with Crippen molar-refractivity contribution in [1.82, 2.24) is 4.90 Å². The Bertz CT molecular complexity index is 681. The van der Waals surface area contributed by atoms with Crippen molar-refractivity contribution in [1.29, 1.82) is 0 Å². The van der Waals surface area contributed by atoms with Gasteiger partial charge in [-0.05, 0) is 37.1 Å². The van der Waals surface area contributed by atoms with Crippen molar-refractivity contribution in [3.63, 3.8) is 0 Å². The molecular weight excluding hydrogens is 318 g/mol. The molecule has 6 nitrogen and oxygen atoms in total. The van der Waals surface area contributed by atoms with Gasteiger partial charge in [-0.3, -0.25) is 9.59 Å². The summed E-state index contributed by atoms with van der Waals surface area (Å²) in [5, 5.41) is 8.98. The first-order valence-electron chi connectivity index (χ1n) is 7.70. The first-order chi connectivity index (χ1) is 10.8. The molecule has 1 aromatic carbocycles. The lowest BCUT2D eigenvalue weighted by atomic mass is 10.1. The fourth-order valence-corrected chi connectivity index (χ4v) is 4.04. The molecule has 7 heteroatoms. The molecule has 1 amide bonds. The predicted octanol–water partition coefficient (Wildman–Crippen LogP) is 1.81. The highest BCUT2D eigenvalue weighted by molar-refractivity contribution is 7.91. The van der Waals surface area contributed by atoms with E-state index in [0.717, 1.165) is 6.42 Å². The van der Waals surface area contributed by atoms with Crippen molar-refractivity contribution in [2.24, 2.45) is 5.92 Å². The summed E-state index contributed by atoms with van der Waals surface area (Å²) < 4.78 is 24.2. The predicted molar refractivity (Wildman–Crippen MR) is 85.0 cm³/mol. The lowest BCUT2D eigenvalue weighted by Crippen LogP contribution is -2.29. The molecule has 1 aliphatic heterocycles. The van der Waals surface area contributed by atoms with E-state index in [9.17, 15) is 18.0 Å². The normalized spacial score (nSPS) is 18.1. The van der Waals surface area contributed by atoms with Crippen LogP contribution in [0.15, 0.2) is 29.2 Å². The molecule has 0 bridgehead atoms. The van der Waals surface area contributed by atoms with Crippen LogP contribution in [0.3, 0.4) is 0 Å². The van der Waals surface area contributed by atoms with Crippen LogP contribution < -0.4 is 0 Å². The van der Waals surface area contributed by atoms with E-state index in [2.05, 4.69) is 0 Å². The molecule has 1 aliphatic rings. The fraction of sp³-hybridized carbons (Fsp3) is 0.500. The number of carbonyl (C=O) groups is 2. The van der Waals surface area contributed by atoms with Crippen molar-refractivity contribution in [2.75, 3.05) is 18.8 Å². The van der Waals surface area contributed by atoms with Gasteiger partial charge in [0.25, 0.3) is 5.91 Å². The molecule has 0 radical (unpaired) electrons. The van der Waals surface area contributed by atoms with Crippen LogP contribution in [-0.4, -0.2) is 49.1 Å². The van der Waals surface area contributed by atoms with Crippen LogP contribution in [0.4, 0.5) is 0 Å². The van der Waals surface area contributed by atoms with E-state index >= 15 is 0 Å². The Labute approximate surface area is 136 Å². The highest BCUT2D eigenvalue weighted by atomic mass is 32.2. The highest BCUT2D eigenvalue weighted by Crippen LogP contribution is 2.20. The highest BCUT2D eigenvalue weighted by Gasteiger charge is 2.31. The number of nitrogens with zero attached hydrogens (tertiary/aromatic N) is 1. The Kier molecular flexibility index (Phi) is 5.41. The van der Waals surface area contributed by atoms with Gasteiger partial charge in [0.15, 0.2) is 9.84 Å². The minimum Gasteiger partial charge on any atom is -0.481 e. The zero-order valence-corrected chi connectivity index (χ0v) is 13.9. The number of carbonyl (C=O) groups excluding carboxylic acids is 1. The summed E-state index contributed by atoms with van der Waals surface area (Å²) in [6.45, 7) is 2.54. The number of carboxylic acids is 1. The number of unbranched alkanes of at least 4 members (excludes halogenated alkanes) is 1. The summed E-state index contributed by atoms with van der Waals surface area (Å²) in [4.78, 5) is 25.0. The Morgan fingerprint density at radius 3 is 2.43 bits per heavy atom. The van der Waals surface area contributed by atoms with Crippen LogP contribution in [0.2, 0.25) is 0 Å². The second-order valence-electron chi connectivity index (χ2n) is 5.77. The van der Waals surface area contributed by atoms with E-state index in [4.69, 9.17) is 5.11 Å². The van der Waals surface area contributed by atoms with E-state index in [-0.39, 0.29) is 23.1 Å². The molecule has 1 saturated heterocycles. The van der Waals surface area contributed by atoms with Crippen LogP contribution in [0, 0.1) is 5.92 Å². The van der Waals surface area contributed by atoms with E-state index in [1.54, 1.807) is 0 Å². The Morgan fingerprint density at radius 1 is 1.26 bits per heavy atom. The second-order valence-corrected chi connectivity index (χ2v) is 7.88. The zero-order chi connectivity index (χ0) is 17.0. The van der Waals surface area contributed by atoms with Gasteiger partial charge in [0.2, 0.25) is 0 Å². The van der Waals surface area contributed by atoms with Crippen LogP contribution in [0.5, 0.6) is 0 Å². The third-order valence-corrected chi connectivity index (χ3v) is 5.87. The van der Waals surface area contributed by atoms with Crippen LogP contribution in [-0.2, 0) is 14.6 Å². The third kappa shape index (κ3) is 4.10. The number of rotatable bonds is 6. The van der Waals surface area contributed by atoms with Crippen molar-refractivity contribution < 1.29 is 23.1 Å². The summed E-state index contributed by atoms with van der Waals surface area (Å²) in [6.07, 6.45) is 1.85. The van der Waals surface area contributed by atoms with Gasteiger partial charge in [0.05, 0.1) is 16.6 Å². The van der Waals surface area contributed by atoms with Crippen molar-refractivity contribution in [3.05, 3.63) is 29.8 Å². The van der Waals surface area contributed by atoms with Gasteiger partial charge in [-0.2, -0.15) is 0 Å². The molecule has 0 aromatic heterocycles. The summed E-state index contributed by atoms with van der Waals surface area (Å²) in [6, 6.07) is 5.89. The summed E-state index contributed by atoms with van der Waals surface area (Å²) >= 11 is 0. The topological polar surface area (TPSA) is 91.8 Å². The van der Waals surface area contributed by atoms with Gasteiger partial charge in [0.1, 0.15) is 0 Å². The fourth-order valence-electron chi connectivity index (χ4n) is 2.59. The monoisotopic (exact) mass is 339 g/mol. The number of amides is 1.